The van der Waals surface area contributed by atoms with Crippen molar-refractivity contribution in [1.82, 2.24) is 0 Å². The Hall–Kier alpha value is -2.87. The summed E-state index contributed by atoms with van der Waals surface area (Å²) in [6, 6.07) is 23.6. The van der Waals surface area contributed by atoms with Crippen LogP contribution in [0.3, 0.4) is 0 Å². The molecule has 4 aliphatic rings. The minimum atomic E-state index is 0.960. The summed E-state index contributed by atoms with van der Waals surface area (Å²) in [5.74, 6) is 0.970. The van der Waals surface area contributed by atoms with Crippen molar-refractivity contribution in [3.63, 3.8) is 0 Å². The average molecular weight is 341 g/mol. The number of nitrogens with zero attached hydrogens (tertiary/aromatic N) is 1. The summed E-state index contributed by atoms with van der Waals surface area (Å²) in [5, 5.41) is 0. The van der Waals surface area contributed by atoms with E-state index >= 15 is 0 Å². The topological polar surface area (TPSA) is 21.6 Å². The fourth-order valence-corrected chi connectivity index (χ4v) is 3.57. The second kappa shape index (κ2) is 7.57. The molecule has 0 saturated heterocycles. The third kappa shape index (κ3) is 3.55. The first-order chi connectivity index (χ1) is 12.8. The molecule has 0 fully saturated rings. The van der Waals surface area contributed by atoms with Crippen LogP contribution in [0.1, 0.15) is 27.8 Å². The van der Waals surface area contributed by atoms with Gasteiger partial charge in [-0.15, -0.1) is 0 Å². The molecule has 0 saturated carbocycles. The van der Waals surface area contributed by atoms with Crippen LogP contribution in [0, 0.1) is 0 Å². The van der Waals surface area contributed by atoms with Gasteiger partial charge in [-0.25, -0.2) is 0 Å². The van der Waals surface area contributed by atoms with Gasteiger partial charge >= 0.3 is 0 Å². The number of benzene rings is 3. The van der Waals surface area contributed by atoms with Crippen molar-refractivity contribution in [2.24, 2.45) is 4.99 Å². The fraction of sp³-hybridized carbons (Fsp3) is 0.208. The minimum absolute atomic E-state index is 0.960. The molecule has 4 aliphatic carbocycles. The monoisotopic (exact) mass is 341 g/mol. The van der Waals surface area contributed by atoms with E-state index in [2.05, 4.69) is 36.4 Å². The zero-order valence-electron chi connectivity index (χ0n) is 15.1. The molecule has 0 N–H and O–H groups in total. The number of aryl methyl sites for hydroxylation is 4. The molecule has 26 heavy (non-hydrogen) atoms. The Morgan fingerprint density at radius 2 is 1.35 bits per heavy atom. The Labute approximate surface area is 155 Å². The highest BCUT2D eigenvalue weighted by atomic mass is 16.5. The maximum Gasteiger partial charge on any atom is 0.131 e. The molecular formula is C24H23NO. The van der Waals surface area contributed by atoms with Crippen molar-refractivity contribution in [2.75, 3.05) is 7.11 Å². The van der Waals surface area contributed by atoms with Gasteiger partial charge in [-0.1, -0.05) is 54.6 Å². The lowest BCUT2D eigenvalue weighted by atomic mass is 9.92. The van der Waals surface area contributed by atoms with Gasteiger partial charge in [0, 0.05) is 11.8 Å². The number of hydrogen-bond acceptors (Lipinski definition) is 2. The van der Waals surface area contributed by atoms with Crippen molar-refractivity contribution in [1.29, 1.82) is 0 Å². The molecule has 0 radical (unpaired) electrons. The third-order valence-electron chi connectivity index (χ3n) is 5.06. The molecule has 0 spiro atoms. The molecule has 0 amide bonds. The largest absolute Gasteiger partial charge is 0.496 e. The summed E-state index contributed by atoms with van der Waals surface area (Å²) in [4.78, 5) is 4.69. The number of para-hydroxylation sites is 1. The first-order valence-corrected chi connectivity index (χ1v) is 9.19. The predicted octanol–water partition coefficient (Wildman–Crippen LogP) is 5.33. The van der Waals surface area contributed by atoms with Gasteiger partial charge < -0.3 is 4.74 Å². The van der Waals surface area contributed by atoms with Gasteiger partial charge in [0.15, 0.2) is 0 Å². The Kier molecular flexibility index (Phi) is 4.83. The standard InChI is InChI=1S/C24H23NO/c1-26-24-21-14-12-19-9-7-18(8-10-19)11-13-20(15-16-21)23(24)17-25-22-5-3-2-4-6-22/h2-10,15-17H,11-14H2,1H3. The van der Waals surface area contributed by atoms with Gasteiger partial charge in [0.1, 0.15) is 5.75 Å². The zero-order valence-corrected chi connectivity index (χ0v) is 15.1. The zero-order chi connectivity index (χ0) is 17.8. The summed E-state index contributed by atoms with van der Waals surface area (Å²) in [6.07, 6.45) is 5.96. The van der Waals surface area contributed by atoms with E-state index in [-0.39, 0.29) is 0 Å². The SMILES string of the molecule is COc1c2ccc(c1C=Nc1ccccc1)CCc1ccc(cc1)CC2. The Bertz CT molecular complexity index is 911. The van der Waals surface area contributed by atoms with Crippen LogP contribution in [0.4, 0.5) is 5.69 Å². The average Bonchev–Trinajstić information content (AvgIpc) is 2.69. The summed E-state index contributed by atoms with van der Waals surface area (Å²) in [5.41, 5.74) is 7.36. The lowest BCUT2D eigenvalue weighted by Crippen LogP contribution is -2.05. The van der Waals surface area contributed by atoms with Gasteiger partial charge in [0.05, 0.1) is 12.8 Å². The lowest BCUT2D eigenvalue weighted by Gasteiger charge is -2.17. The smallest absolute Gasteiger partial charge is 0.131 e. The molecular weight excluding hydrogens is 318 g/mol. The van der Waals surface area contributed by atoms with E-state index in [0.717, 1.165) is 42.7 Å². The maximum atomic E-state index is 5.84. The highest BCUT2D eigenvalue weighted by Crippen LogP contribution is 2.29. The first kappa shape index (κ1) is 16.6. The highest BCUT2D eigenvalue weighted by Gasteiger charge is 2.14. The van der Waals surface area contributed by atoms with Crippen LogP contribution in [0.25, 0.3) is 0 Å². The van der Waals surface area contributed by atoms with Crippen molar-refractivity contribution in [3.05, 3.63) is 94.5 Å². The molecule has 3 aromatic rings. The quantitative estimate of drug-likeness (QED) is 0.590. The van der Waals surface area contributed by atoms with Crippen LogP contribution in [-0.4, -0.2) is 13.3 Å². The molecule has 0 aliphatic heterocycles. The Balaban J connectivity index is 1.76. The van der Waals surface area contributed by atoms with Crippen LogP contribution in [0.2, 0.25) is 0 Å². The van der Waals surface area contributed by atoms with E-state index in [1.165, 1.54) is 22.3 Å². The van der Waals surface area contributed by atoms with E-state index in [9.17, 15) is 0 Å². The molecule has 7 rings (SSSR count). The van der Waals surface area contributed by atoms with Gasteiger partial charge in [0.2, 0.25) is 0 Å². The first-order valence-electron chi connectivity index (χ1n) is 9.19. The number of ether oxygens (including phenoxy) is 1. The van der Waals surface area contributed by atoms with E-state index in [1.807, 2.05) is 36.5 Å². The van der Waals surface area contributed by atoms with E-state index in [0.29, 0.717) is 0 Å². The van der Waals surface area contributed by atoms with Gasteiger partial charge in [-0.3, -0.25) is 4.99 Å². The van der Waals surface area contributed by atoms with E-state index in [4.69, 9.17) is 9.73 Å². The normalized spacial score (nSPS) is 13.6. The van der Waals surface area contributed by atoms with Crippen LogP contribution >= 0.6 is 0 Å². The number of hydrogen-bond donors (Lipinski definition) is 0. The Morgan fingerprint density at radius 3 is 2.00 bits per heavy atom. The van der Waals surface area contributed by atoms with Crippen LogP contribution in [-0.2, 0) is 25.7 Å². The van der Waals surface area contributed by atoms with Gasteiger partial charge in [-0.05, 0) is 60.1 Å². The fourth-order valence-electron chi connectivity index (χ4n) is 3.57. The van der Waals surface area contributed by atoms with E-state index < -0.39 is 0 Å². The highest BCUT2D eigenvalue weighted by molar-refractivity contribution is 5.88. The molecule has 0 unspecified atom stereocenters. The third-order valence-corrected chi connectivity index (χ3v) is 5.06. The van der Waals surface area contributed by atoms with Gasteiger partial charge in [-0.2, -0.15) is 0 Å². The minimum Gasteiger partial charge on any atom is -0.496 e. The number of aliphatic imine (C=N–C) groups is 1. The second-order valence-electron chi connectivity index (χ2n) is 6.74. The number of rotatable bonds is 3. The van der Waals surface area contributed by atoms with Crippen LogP contribution in [0.15, 0.2) is 71.7 Å². The Morgan fingerprint density at radius 1 is 0.731 bits per heavy atom. The van der Waals surface area contributed by atoms with Crippen molar-refractivity contribution in [3.8, 4) is 5.75 Å². The summed E-state index contributed by atoms with van der Waals surface area (Å²) in [7, 11) is 1.77. The van der Waals surface area contributed by atoms with Crippen LogP contribution < -0.4 is 4.74 Å². The molecule has 0 aromatic heterocycles. The lowest BCUT2D eigenvalue weighted by molar-refractivity contribution is 0.408. The van der Waals surface area contributed by atoms with E-state index in [1.54, 1.807) is 7.11 Å². The molecule has 3 aromatic carbocycles. The molecule has 2 nitrogen and oxygen atoms in total. The van der Waals surface area contributed by atoms with Crippen LogP contribution in [0.5, 0.6) is 5.75 Å². The van der Waals surface area contributed by atoms with Crippen molar-refractivity contribution in [2.45, 2.75) is 25.7 Å². The summed E-state index contributed by atoms with van der Waals surface area (Å²) in [6.45, 7) is 0. The van der Waals surface area contributed by atoms with Gasteiger partial charge in [0.25, 0.3) is 0 Å². The number of methoxy groups -OCH3 is 1. The molecule has 130 valence electrons. The second-order valence-corrected chi connectivity index (χ2v) is 6.74. The summed E-state index contributed by atoms with van der Waals surface area (Å²) >= 11 is 0. The van der Waals surface area contributed by atoms with Crippen molar-refractivity contribution >= 4 is 11.9 Å². The molecule has 4 bridgehead atoms. The van der Waals surface area contributed by atoms with Crippen molar-refractivity contribution < 1.29 is 4.74 Å². The predicted molar refractivity (Wildman–Crippen MR) is 108 cm³/mol. The summed E-state index contributed by atoms with van der Waals surface area (Å²) < 4.78 is 5.84. The molecule has 2 heteroatoms. The molecule has 0 heterocycles. The maximum absolute atomic E-state index is 5.84. The molecule has 0 atom stereocenters.